The van der Waals surface area contributed by atoms with Crippen molar-refractivity contribution in [1.82, 2.24) is 9.55 Å². The van der Waals surface area contributed by atoms with Crippen LogP contribution < -0.4 is 0 Å². The van der Waals surface area contributed by atoms with Gasteiger partial charge in [0.15, 0.2) is 0 Å². The molecule has 0 saturated carbocycles. The van der Waals surface area contributed by atoms with Crippen molar-refractivity contribution in [2.24, 2.45) is 0 Å². The van der Waals surface area contributed by atoms with E-state index in [-0.39, 0.29) is 0 Å². The van der Waals surface area contributed by atoms with Crippen LogP contribution in [0.25, 0.3) is 111 Å². The second-order valence-corrected chi connectivity index (χ2v) is 15.5. The molecule has 8 aromatic carbocycles. The molecule has 4 heteroatoms. The SMILES string of the molecule is c1cc(-c2ccc3c4ccccc4c4ccccc4c3c2)cc(-n2c3ccccc3c3c4c5ccccc5sc4c4c5cccnc5sc4c32)c1. The summed E-state index contributed by atoms with van der Waals surface area (Å²) in [6.07, 6.45) is 1.92. The Morgan fingerprint density at radius 2 is 1.06 bits per heavy atom. The molecule has 12 aromatic rings. The minimum absolute atomic E-state index is 1.08. The van der Waals surface area contributed by atoms with Crippen molar-refractivity contribution in [2.75, 3.05) is 0 Å². The topological polar surface area (TPSA) is 17.8 Å². The zero-order valence-corrected chi connectivity index (χ0v) is 28.9. The molecule has 236 valence electrons. The van der Waals surface area contributed by atoms with Crippen LogP contribution >= 0.6 is 22.7 Å². The summed E-state index contributed by atoms with van der Waals surface area (Å²) in [5, 5.41) is 15.6. The van der Waals surface area contributed by atoms with E-state index in [1.807, 2.05) is 28.9 Å². The van der Waals surface area contributed by atoms with Gasteiger partial charge in [0.05, 0.1) is 15.7 Å². The number of pyridine rings is 1. The molecule has 51 heavy (non-hydrogen) atoms. The fourth-order valence-electron chi connectivity index (χ4n) is 8.68. The van der Waals surface area contributed by atoms with Gasteiger partial charge in [-0.05, 0) is 85.9 Å². The van der Waals surface area contributed by atoms with Crippen LogP contribution in [0.5, 0.6) is 0 Å². The van der Waals surface area contributed by atoms with Crippen LogP contribution in [-0.2, 0) is 0 Å². The molecule has 2 nitrogen and oxygen atoms in total. The molecule has 0 fully saturated rings. The van der Waals surface area contributed by atoms with Crippen LogP contribution in [-0.4, -0.2) is 9.55 Å². The molecular weight excluding hydrogens is 657 g/mol. The van der Waals surface area contributed by atoms with E-state index in [1.54, 1.807) is 0 Å². The lowest BCUT2D eigenvalue weighted by Gasteiger charge is -2.13. The van der Waals surface area contributed by atoms with Crippen LogP contribution in [0.1, 0.15) is 0 Å². The number of fused-ring (bicyclic) bond motifs is 18. The summed E-state index contributed by atoms with van der Waals surface area (Å²) in [4.78, 5) is 5.96. The van der Waals surface area contributed by atoms with Gasteiger partial charge in [0.25, 0.3) is 0 Å². The van der Waals surface area contributed by atoms with E-state index in [0.29, 0.717) is 0 Å². The maximum absolute atomic E-state index is 4.88. The lowest BCUT2D eigenvalue weighted by atomic mass is 9.92. The Morgan fingerprint density at radius 1 is 0.412 bits per heavy atom. The zero-order chi connectivity index (χ0) is 33.2. The minimum atomic E-state index is 1.08. The fourth-order valence-corrected chi connectivity index (χ4v) is 11.2. The summed E-state index contributed by atoms with van der Waals surface area (Å²) in [6.45, 7) is 0. The minimum Gasteiger partial charge on any atom is -0.308 e. The molecular formula is C47H26N2S2. The van der Waals surface area contributed by atoms with Crippen LogP contribution in [0.4, 0.5) is 0 Å². The largest absolute Gasteiger partial charge is 0.308 e. The Bertz CT molecular complexity index is 3400. The van der Waals surface area contributed by atoms with Gasteiger partial charge in [-0.15, -0.1) is 22.7 Å². The number of para-hydroxylation sites is 1. The average molecular weight is 683 g/mol. The highest BCUT2D eigenvalue weighted by Gasteiger charge is 2.24. The summed E-state index contributed by atoms with van der Waals surface area (Å²) in [6, 6.07) is 55.9. The molecule has 4 aromatic heterocycles. The summed E-state index contributed by atoms with van der Waals surface area (Å²) >= 11 is 3.73. The van der Waals surface area contributed by atoms with Crippen LogP contribution in [0, 0.1) is 0 Å². The van der Waals surface area contributed by atoms with Gasteiger partial charge in [0, 0.05) is 53.6 Å². The van der Waals surface area contributed by atoms with E-state index in [0.717, 1.165) is 10.5 Å². The second kappa shape index (κ2) is 10.2. The maximum Gasteiger partial charge on any atom is 0.124 e. The number of hydrogen-bond donors (Lipinski definition) is 0. The Hall–Kier alpha value is -6.07. The molecule has 0 saturated heterocycles. The van der Waals surface area contributed by atoms with Gasteiger partial charge in [0.2, 0.25) is 0 Å². The van der Waals surface area contributed by atoms with E-state index < -0.39 is 0 Å². The van der Waals surface area contributed by atoms with Crippen molar-refractivity contribution >= 4 is 117 Å². The van der Waals surface area contributed by atoms with Crippen molar-refractivity contribution < 1.29 is 0 Å². The van der Waals surface area contributed by atoms with Crippen LogP contribution in [0.2, 0.25) is 0 Å². The predicted molar refractivity (Wildman–Crippen MR) is 222 cm³/mol. The number of nitrogens with zero attached hydrogens (tertiary/aromatic N) is 2. The Balaban J connectivity index is 1.19. The summed E-state index contributed by atoms with van der Waals surface area (Å²) in [5.74, 6) is 0. The predicted octanol–water partition coefficient (Wildman–Crippen LogP) is 14.0. The lowest BCUT2D eigenvalue weighted by molar-refractivity contribution is 1.19. The first-order valence-corrected chi connectivity index (χ1v) is 18.9. The van der Waals surface area contributed by atoms with Crippen molar-refractivity contribution in [3.8, 4) is 16.8 Å². The van der Waals surface area contributed by atoms with Crippen molar-refractivity contribution in [1.29, 1.82) is 0 Å². The molecule has 0 aliphatic rings. The molecule has 0 aliphatic carbocycles. The van der Waals surface area contributed by atoms with Crippen LogP contribution in [0.3, 0.4) is 0 Å². The molecule has 0 atom stereocenters. The van der Waals surface area contributed by atoms with E-state index >= 15 is 0 Å². The number of aromatic nitrogens is 2. The molecule has 0 amide bonds. The molecule has 12 rings (SSSR count). The molecule has 0 aliphatic heterocycles. The molecule has 0 bridgehead atoms. The first-order chi connectivity index (χ1) is 25.3. The van der Waals surface area contributed by atoms with Crippen LogP contribution in [0.15, 0.2) is 158 Å². The third-order valence-electron chi connectivity index (χ3n) is 10.8. The highest BCUT2D eigenvalue weighted by molar-refractivity contribution is 7.30. The number of thiophene rings is 2. The van der Waals surface area contributed by atoms with Gasteiger partial charge >= 0.3 is 0 Å². The molecule has 0 N–H and O–H groups in total. The average Bonchev–Trinajstić information content (AvgIpc) is 3.88. The van der Waals surface area contributed by atoms with Gasteiger partial charge in [-0.2, -0.15) is 0 Å². The molecule has 0 unspecified atom stereocenters. The zero-order valence-electron chi connectivity index (χ0n) is 27.2. The van der Waals surface area contributed by atoms with Gasteiger partial charge in [-0.3, -0.25) is 0 Å². The first kappa shape index (κ1) is 27.7. The smallest absolute Gasteiger partial charge is 0.124 e. The number of rotatable bonds is 2. The Morgan fingerprint density at radius 3 is 1.86 bits per heavy atom. The fraction of sp³-hybridized carbons (Fsp3) is 0. The van der Waals surface area contributed by atoms with E-state index in [1.165, 1.54) is 101 Å². The Kier molecular flexibility index (Phi) is 5.56. The maximum atomic E-state index is 4.88. The first-order valence-electron chi connectivity index (χ1n) is 17.3. The molecule has 0 spiro atoms. The Labute approximate surface area is 300 Å². The lowest BCUT2D eigenvalue weighted by Crippen LogP contribution is -1.94. The van der Waals surface area contributed by atoms with E-state index in [2.05, 4.69) is 156 Å². The number of benzene rings is 8. The van der Waals surface area contributed by atoms with Gasteiger partial charge in [-0.1, -0.05) is 109 Å². The third-order valence-corrected chi connectivity index (χ3v) is 13.1. The highest BCUT2D eigenvalue weighted by Crippen LogP contribution is 2.52. The van der Waals surface area contributed by atoms with Gasteiger partial charge in [0.1, 0.15) is 4.83 Å². The summed E-state index contributed by atoms with van der Waals surface area (Å²) in [7, 11) is 0. The summed E-state index contributed by atoms with van der Waals surface area (Å²) in [5.41, 5.74) is 6.06. The van der Waals surface area contributed by atoms with Gasteiger partial charge < -0.3 is 4.57 Å². The van der Waals surface area contributed by atoms with E-state index in [4.69, 9.17) is 4.98 Å². The van der Waals surface area contributed by atoms with Crippen molar-refractivity contribution in [3.63, 3.8) is 0 Å². The second-order valence-electron chi connectivity index (χ2n) is 13.4. The molecule has 4 heterocycles. The molecule has 0 radical (unpaired) electrons. The normalized spacial score (nSPS) is 12.3. The third kappa shape index (κ3) is 3.73. The van der Waals surface area contributed by atoms with Gasteiger partial charge in [-0.25, -0.2) is 4.98 Å². The number of hydrogen-bond acceptors (Lipinski definition) is 3. The standard InChI is InChI=1S/C47H26N2S2/c1-2-15-32-30(13-1)31-14-3-4-16-33(31)38-26-28(22-23-34(32)38)27-11-9-12-29(25-27)49-39-20-7-5-17-35(39)41-42-36-18-6-8-21-40(36)50-45(42)43-37-19-10-24-48-47(37)51-46(43)44(41)49/h1-26H. The van der Waals surface area contributed by atoms with Crippen molar-refractivity contribution in [3.05, 3.63) is 158 Å². The van der Waals surface area contributed by atoms with E-state index in [9.17, 15) is 0 Å². The quantitative estimate of drug-likeness (QED) is 0.166. The summed E-state index contributed by atoms with van der Waals surface area (Å²) < 4.78 is 6.48. The highest BCUT2D eigenvalue weighted by atomic mass is 32.1. The monoisotopic (exact) mass is 682 g/mol. The van der Waals surface area contributed by atoms with Crippen molar-refractivity contribution in [2.45, 2.75) is 0 Å².